The lowest BCUT2D eigenvalue weighted by molar-refractivity contribution is -0.117. The Bertz CT molecular complexity index is 1170. The third kappa shape index (κ3) is 5.72. The third-order valence-electron chi connectivity index (χ3n) is 5.54. The molecule has 1 amide bonds. The fourth-order valence-electron chi connectivity index (χ4n) is 3.77. The van der Waals surface area contributed by atoms with E-state index >= 15 is 0 Å². The van der Waals surface area contributed by atoms with Crippen LogP contribution in [-0.2, 0) is 9.53 Å². The number of hydrogen-bond donors (Lipinski definition) is 1. The van der Waals surface area contributed by atoms with Crippen LogP contribution in [-0.4, -0.2) is 41.6 Å². The average molecular weight is 457 g/mol. The van der Waals surface area contributed by atoms with Crippen LogP contribution < -0.4 is 10.1 Å². The van der Waals surface area contributed by atoms with Crippen molar-refractivity contribution in [3.63, 3.8) is 0 Å². The molecule has 1 atom stereocenters. The average Bonchev–Trinajstić information content (AvgIpc) is 3.56. The van der Waals surface area contributed by atoms with Gasteiger partial charge in [-0.2, -0.15) is 10.4 Å². The number of amides is 1. The van der Waals surface area contributed by atoms with Crippen LogP contribution >= 0.6 is 0 Å². The van der Waals surface area contributed by atoms with E-state index < -0.39 is 5.91 Å². The van der Waals surface area contributed by atoms with Crippen LogP contribution in [0.2, 0.25) is 0 Å². The van der Waals surface area contributed by atoms with E-state index in [1.807, 2.05) is 66.9 Å². The lowest BCUT2D eigenvalue weighted by Crippen LogP contribution is -2.32. The van der Waals surface area contributed by atoms with Crippen LogP contribution in [0.4, 0.5) is 0 Å². The smallest absolute Gasteiger partial charge is 0.262 e. The zero-order chi connectivity index (χ0) is 23.8. The maximum atomic E-state index is 12.7. The molecular formula is C27H28N4O3. The molecule has 7 heteroatoms. The van der Waals surface area contributed by atoms with Gasteiger partial charge in [-0.3, -0.25) is 4.79 Å². The predicted molar refractivity (Wildman–Crippen MR) is 130 cm³/mol. The van der Waals surface area contributed by atoms with Gasteiger partial charge in [0.25, 0.3) is 5.91 Å². The first-order chi connectivity index (χ1) is 16.7. The number of nitrogens with one attached hydrogen (secondary N) is 1. The topological polar surface area (TPSA) is 89.2 Å². The number of hydrogen-bond acceptors (Lipinski definition) is 5. The molecule has 0 saturated carbocycles. The number of aromatic nitrogens is 2. The molecule has 34 heavy (non-hydrogen) atoms. The summed E-state index contributed by atoms with van der Waals surface area (Å²) in [6.07, 6.45) is 6.27. The van der Waals surface area contributed by atoms with Gasteiger partial charge >= 0.3 is 0 Å². The largest absolute Gasteiger partial charge is 0.494 e. The molecule has 1 aliphatic heterocycles. The van der Waals surface area contributed by atoms with Crippen molar-refractivity contribution in [2.45, 2.75) is 32.3 Å². The number of nitrogens with zero attached hydrogens (tertiary/aromatic N) is 3. The highest BCUT2D eigenvalue weighted by Gasteiger charge is 2.19. The van der Waals surface area contributed by atoms with Crippen LogP contribution in [0.15, 0.2) is 66.4 Å². The molecule has 1 N–H and O–H groups in total. The minimum absolute atomic E-state index is 0.00808. The summed E-state index contributed by atoms with van der Waals surface area (Å²) in [5.41, 5.74) is 3.12. The summed E-state index contributed by atoms with van der Waals surface area (Å²) >= 11 is 0. The van der Waals surface area contributed by atoms with Gasteiger partial charge in [-0.15, -0.1) is 0 Å². The zero-order valence-electron chi connectivity index (χ0n) is 19.2. The predicted octanol–water partition coefficient (Wildman–Crippen LogP) is 4.53. The van der Waals surface area contributed by atoms with E-state index in [9.17, 15) is 10.1 Å². The molecule has 0 radical (unpaired) electrons. The maximum absolute atomic E-state index is 12.7. The molecule has 4 rings (SSSR count). The standard InChI is InChI=1S/C27H28N4O3/c1-2-14-33-24-12-10-20(11-13-24)26-22(19-31(30-26)23-7-4-3-5-8-23)16-21(17-28)27(32)29-18-25-9-6-15-34-25/h3-5,7-8,10-13,16,19,25H,2,6,9,14-15,18H2,1H3,(H,29,32). The Kier molecular flexibility index (Phi) is 7.74. The molecule has 174 valence electrons. The fraction of sp³-hybridized carbons (Fsp3) is 0.296. The van der Waals surface area contributed by atoms with Crippen LogP contribution in [0.5, 0.6) is 5.75 Å². The number of benzene rings is 2. The summed E-state index contributed by atoms with van der Waals surface area (Å²) in [6, 6.07) is 19.4. The molecule has 1 aromatic heterocycles. The van der Waals surface area contributed by atoms with Crippen molar-refractivity contribution in [3.05, 3.63) is 71.9 Å². The summed E-state index contributed by atoms with van der Waals surface area (Å²) in [7, 11) is 0. The minimum Gasteiger partial charge on any atom is -0.494 e. The first kappa shape index (κ1) is 23.3. The monoisotopic (exact) mass is 456 g/mol. The minimum atomic E-state index is -0.417. The summed E-state index contributed by atoms with van der Waals surface area (Å²) in [5.74, 6) is 0.371. The van der Waals surface area contributed by atoms with E-state index in [0.29, 0.717) is 31.0 Å². The summed E-state index contributed by atoms with van der Waals surface area (Å²) in [5, 5.41) is 17.3. The first-order valence-corrected chi connectivity index (χ1v) is 11.6. The van der Waals surface area contributed by atoms with Gasteiger partial charge in [-0.25, -0.2) is 4.68 Å². The van der Waals surface area contributed by atoms with Crippen LogP contribution in [0.25, 0.3) is 23.0 Å². The lowest BCUT2D eigenvalue weighted by Gasteiger charge is -2.10. The molecule has 1 saturated heterocycles. The molecule has 1 unspecified atom stereocenters. The molecule has 0 aliphatic carbocycles. The zero-order valence-corrected chi connectivity index (χ0v) is 19.2. The summed E-state index contributed by atoms with van der Waals surface area (Å²) in [6.45, 7) is 3.83. The van der Waals surface area contributed by atoms with Crippen LogP contribution in [0.1, 0.15) is 31.7 Å². The molecule has 0 spiro atoms. The third-order valence-corrected chi connectivity index (χ3v) is 5.54. The van der Waals surface area contributed by atoms with Crippen molar-refractivity contribution in [3.8, 4) is 28.8 Å². The van der Waals surface area contributed by atoms with Gasteiger partial charge in [0.1, 0.15) is 17.4 Å². The Labute approximate surface area is 199 Å². The molecule has 3 aromatic rings. The Balaban J connectivity index is 1.64. The SMILES string of the molecule is CCCOc1ccc(-c2nn(-c3ccccc3)cc2C=C(C#N)C(=O)NCC2CCCO2)cc1. The van der Waals surface area contributed by atoms with Gasteiger partial charge in [0.2, 0.25) is 0 Å². The Morgan fingerprint density at radius 1 is 1.26 bits per heavy atom. The summed E-state index contributed by atoms with van der Waals surface area (Å²) in [4.78, 5) is 12.7. The molecule has 7 nitrogen and oxygen atoms in total. The Morgan fingerprint density at radius 3 is 2.74 bits per heavy atom. The van der Waals surface area contributed by atoms with Crippen molar-refractivity contribution < 1.29 is 14.3 Å². The van der Waals surface area contributed by atoms with Crippen molar-refractivity contribution in [1.29, 1.82) is 5.26 Å². The number of carbonyl (C=O) groups is 1. The number of ether oxygens (including phenoxy) is 2. The highest BCUT2D eigenvalue weighted by molar-refractivity contribution is 6.02. The second-order valence-electron chi connectivity index (χ2n) is 8.10. The van der Waals surface area contributed by atoms with E-state index in [4.69, 9.17) is 14.6 Å². The molecule has 0 bridgehead atoms. The summed E-state index contributed by atoms with van der Waals surface area (Å²) < 4.78 is 13.0. The molecule has 2 heterocycles. The van der Waals surface area contributed by atoms with Gasteiger partial charge in [0.05, 0.1) is 24.1 Å². The Hall–Kier alpha value is -3.89. The van der Waals surface area contributed by atoms with E-state index in [-0.39, 0.29) is 11.7 Å². The van der Waals surface area contributed by atoms with Crippen molar-refractivity contribution in [1.82, 2.24) is 15.1 Å². The lowest BCUT2D eigenvalue weighted by atomic mass is 10.1. The maximum Gasteiger partial charge on any atom is 0.262 e. The quantitative estimate of drug-likeness (QED) is 0.377. The number of para-hydroxylation sites is 1. The second kappa shape index (κ2) is 11.3. The van der Waals surface area contributed by atoms with Gasteiger partial charge in [-0.1, -0.05) is 25.1 Å². The first-order valence-electron chi connectivity index (χ1n) is 11.6. The highest BCUT2D eigenvalue weighted by atomic mass is 16.5. The van der Waals surface area contributed by atoms with Gasteiger partial charge in [-0.05, 0) is 61.7 Å². The molecule has 1 aliphatic rings. The molecule has 1 fully saturated rings. The van der Waals surface area contributed by atoms with Gasteiger partial charge in [0, 0.05) is 30.5 Å². The second-order valence-corrected chi connectivity index (χ2v) is 8.10. The van der Waals surface area contributed by atoms with Crippen molar-refractivity contribution in [2.24, 2.45) is 0 Å². The molecule has 2 aromatic carbocycles. The van der Waals surface area contributed by atoms with E-state index in [2.05, 4.69) is 12.2 Å². The van der Waals surface area contributed by atoms with Gasteiger partial charge < -0.3 is 14.8 Å². The van der Waals surface area contributed by atoms with Crippen molar-refractivity contribution >= 4 is 12.0 Å². The number of carbonyl (C=O) groups excluding carboxylic acids is 1. The number of rotatable bonds is 9. The van der Waals surface area contributed by atoms with Gasteiger partial charge in [0.15, 0.2) is 0 Å². The fourth-order valence-corrected chi connectivity index (χ4v) is 3.77. The van der Waals surface area contributed by atoms with Crippen LogP contribution in [0.3, 0.4) is 0 Å². The van der Waals surface area contributed by atoms with Crippen molar-refractivity contribution in [2.75, 3.05) is 19.8 Å². The number of nitriles is 1. The van der Waals surface area contributed by atoms with E-state index in [0.717, 1.165) is 36.3 Å². The highest BCUT2D eigenvalue weighted by Crippen LogP contribution is 2.27. The molecular weight excluding hydrogens is 428 g/mol. The van der Waals surface area contributed by atoms with Crippen LogP contribution in [0, 0.1) is 11.3 Å². The van der Waals surface area contributed by atoms with E-state index in [1.54, 1.807) is 10.8 Å². The normalized spacial score (nSPS) is 15.6. The Morgan fingerprint density at radius 2 is 2.06 bits per heavy atom. The van der Waals surface area contributed by atoms with E-state index in [1.165, 1.54) is 0 Å².